The molecule has 7 nitrogen and oxygen atoms in total. The lowest BCUT2D eigenvalue weighted by molar-refractivity contribution is -0.116. The molecule has 2 aromatic carbocycles. The highest BCUT2D eigenvalue weighted by Crippen LogP contribution is 2.29. The van der Waals surface area contributed by atoms with Gasteiger partial charge in [-0.3, -0.25) is 4.79 Å². The largest absolute Gasteiger partial charge is 0.309 e. The number of carbonyl (C=O) groups is 1. The molecule has 1 N–H and O–H groups in total. The molecule has 1 aromatic heterocycles. The van der Waals surface area contributed by atoms with E-state index in [9.17, 15) is 13.2 Å². The van der Waals surface area contributed by atoms with E-state index in [4.69, 9.17) is 34.8 Å². The highest BCUT2D eigenvalue weighted by molar-refractivity contribution is 7.89. The molecule has 0 fully saturated rings. The Kier molecular flexibility index (Phi) is 7.99. The van der Waals surface area contributed by atoms with Crippen LogP contribution in [0.25, 0.3) is 5.69 Å². The molecule has 0 aliphatic rings. The van der Waals surface area contributed by atoms with Gasteiger partial charge in [-0.1, -0.05) is 62.5 Å². The summed E-state index contributed by atoms with van der Waals surface area (Å²) < 4.78 is 28.9. The molecule has 182 valence electrons. The van der Waals surface area contributed by atoms with Crippen molar-refractivity contribution in [2.75, 3.05) is 18.4 Å². The summed E-state index contributed by atoms with van der Waals surface area (Å²) in [5.41, 5.74) is 1.17. The maximum atomic E-state index is 13.2. The molecule has 3 aromatic rings. The number of anilines is 1. The second-order valence-electron chi connectivity index (χ2n) is 8.61. The third-order valence-corrected chi connectivity index (χ3v) is 7.89. The smallest absolute Gasteiger partial charge is 0.245 e. The summed E-state index contributed by atoms with van der Waals surface area (Å²) in [6.45, 7) is 7.30. The van der Waals surface area contributed by atoms with Gasteiger partial charge >= 0.3 is 0 Å². The van der Waals surface area contributed by atoms with Crippen LogP contribution in [0.2, 0.25) is 15.1 Å². The van der Waals surface area contributed by atoms with Gasteiger partial charge in [-0.05, 0) is 42.5 Å². The molecular formula is C23H25Cl3N4O3S. The molecule has 3 rings (SSSR count). The molecule has 1 amide bonds. The minimum absolute atomic E-state index is 0.0268. The number of hydrogen-bond donors (Lipinski definition) is 1. The van der Waals surface area contributed by atoms with Gasteiger partial charge < -0.3 is 5.32 Å². The average molecular weight is 544 g/mol. The van der Waals surface area contributed by atoms with Gasteiger partial charge in [0.15, 0.2) is 0 Å². The normalized spacial score (nSPS) is 12.2. The monoisotopic (exact) mass is 542 g/mol. The van der Waals surface area contributed by atoms with Gasteiger partial charge in [0.1, 0.15) is 10.7 Å². The van der Waals surface area contributed by atoms with E-state index in [0.29, 0.717) is 16.5 Å². The SMILES string of the molecule is CCN(CC(=O)Nc1cc(C(C)(C)C)nn1-c1ccc(Cl)cc1)S(=O)(=O)c1cc(Cl)ccc1Cl. The number of likely N-dealkylation sites (N-methyl/N-ethyl adjacent to an activating group) is 1. The van der Waals surface area contributed by atoms with Crippen LogP contribution in [0, 0.1) is 0 Å². The van der Waals surface area contributed by atoms with Gasteiger partial charge in [-0.2, -0.15) is 9.40 Å². The maximum absolute atomic E-state index is 13.2. The highest BCUT2D eigenvalue weighted by atomic mass is 35.5. The molecule has 0 aliphatic carbocycles. The van der Waals surface area contributed by atoms with Crippen LogP contribution in [-0.4, -0.2) is 41.5 Å². The number of amides is 1. The Morgan fingerprint density at radius 1 is 1.03 bits per heavy atom. The van der Waals surface area contributed by atoms with Crippen LogP contribution in [-0.2, 0) is 20.2 Å². The number of aromatic nitrogens is 2. The van der Waals surface area contributed by atoms with E-state index in [1.54, 1.807) is 41.9 Å². The van der Waals surface area contributed by atoms with Crippen molar-refractivity contribution in [3.05, 3.63) is 69.3 Å². The predicted octanol–water partition coefficient (Wildman–Crippen LogP) is 5.78. The van der Waals surface area contributed by atoms with Crippen LogP contribution >= 0.6 is 34.8 Å². The minimum atomic E-state index is -4.06. The summed E-state index contributed by atoms with van der Waals surface area (Å²) in [5.74, 6) is -0.120. The highest BCUT2D eigenvalue weighted by Gasteiger charge is 2.29. The predicted molar refractivity (Wildman–Crippen MR) is 137 cm³/mol. The molecule has 0 spiro atoms. The summed E-state index contributed by atoms with van der Waals surface area (Å²) in [5, 5.41) is 8.26. The zero-order valence-electron chi connectivity index (χ0n) is 19.1. The number of benzene rings is 2. The topological polar surface area (TPSA) is 84.3 Å². The van der Waals surface area contributed by atoms with E-state index in [2.05, 4.69) is 10.4 Å². The first-order chi connectivity index (χ1) is 15.8. The van der Waals surface area contributed by atoms with E-state index in [1.807, 2.05) is 20.8 Å². The van der Waals surface area contributed by atoms with E-state index in [0.717, 1.165) is 10.00 Å². The van der Waals surface area contributed by atoms with Crippen molar-refractivity contribution in [3.63, 3.8) is 0 Å². The molecule has 0 bridgehead atoms. The van der Waals surface area contributed by atoms with Crippen LogP contribution in [0.1, 0.15) is 33.4 Å². The van der Waals surface area contributed by atoms with Gasteiger partial charge in [0, 0.05) is 28.1 Å². The van der Waals surface area contributed by atoms with E-state index >= 15 is 0 Å². The summed E-state index contributed by atoms with van der Waals surface area (Å²) >= 11 is 18.1. The van der Waals surface area contributed by atoms with Crippen LogP contribution in [0.15, 0.2) is 53.4 Å². The Morgan fingerprint density at radius 3 is 2.24 bits per heavy atom. The minimum Gasteiger partial charge on any atom is -0.309 e. The number of hydrogen-bond acceptors (Lipinski definition) is 4. The van der Waals surface area contributed by atoms with Crippen LogP contribution in [0.3, 0.4) is 0 Å². The fraction of sp³-hybridized carbons (Fsp3) is 0.304. The molecule has 0 atom stereocenters. The zero-order chi connectivity index (χ0) is 25.3. The Morgan fingerprint density at radius 2 is 1.65 bits per heavy atom. The van der Waals surface area contributed by atoms with Crippen LogP contribution in [0.5, 0.6) is 0 Å². The second kappa shape index (κ2) is 10.3. The first-order valence-electron chi connectivity index (χ1n) is 10.4. The number of carbonyl (C=O) groups excluding carboxylic acids is 1. The van der Waals surface area contributed by atoms with E-state index in [1.165, 1.54) is 18.2 Å². The fourth-order valence-electron chi connectivity index (χ4n) is 3.14. The lowest BCUT2D eigenvalue weighted by Gasteiger charge is -2.21. The van der Waals surface area contributed by atoms with Gasteiger partial charge in [-0.15, -0.1) is 0 Å². The molecule has 1 heterocycles. The quantitative estimate of drug-likeness (QED) is 0.409. The maximum Gasteiger partial charge on any atom is 0.245 e. The third kappa shape index (κ3) is 5.93. The molecular weight excluding hydrogens is 519 g/mol. The van der Waals surface area contributed by atoms with Gasteiger partial charge in [0.2, 0.25) is 15.9 Å². The third-order valence-electron chi connectivity index (χ3n) is 5.00. The summed E-state index contributed by atoms with van der Waals surface area (Å²) in [7, 11) is -4.06. The van der Waals surface area contributed by atoms with Crippen molar-refractivity contribution in [3.8, 4) is 5.69 Å². The molecule has 0 saturated carbocycles. The summed E-state index contributed by atoms with van der Waals surface area (Å²) in [6, 6.07) is 12.9. The zero-order valence-corrected chi connectivity index (χ0v) is 22.2. The Hall–Kier alpha value is -2.10. The molecule has 0 radical (unpaired) electrons. The Bertz CT molecular complexity index is 1300. The second-order valence-corrected chi connectivity index (χ2v) is 11.8. The van der Waals surface area contributed by atoms with Gasteiger partial charge in [-0.25, -0.2) is 13.1 Å². The van der Waals surface area contributed by atoms with Gasteiger partial charge in [0.25, 0.3) is 0 Å². The Labute approximate surface area is 214 Å². The summed E-state index contributed by atoms with van der Waals surface area (Å²) in [4.78, 5) is 12.8. The molecule has 0 saturated heterocycles. The first kappa shape index (κ1) is 26.5. The lowest BCUT2D eigenvalue weighted by Crippen LogP contribution is -2.38. The fourth-order valence-corrected chi connectivity index (χ4v) is 5.41. The Balaban J connectivity index is 1.90. The number of nitrogens with one attached hydrogen (secondary N) is 1. The number of nitrogens with zero attached hydrogens (tertiary/aromatic N) is 3. The van der Waals surface area contributed by atoms with Crippen molar-refractivity contribution in [2.24, 2.45) is 0 Å². The first-order valence-corrected chi connectivity index (χ1v) is 13.0. The van der Waals surface area contributed by atoms with E-state index in [-0.39, 0.29) is 26.9 Å². The van der Waals surface area contributed by atoms with Crippen molar-refractivity contribution >= 4 is 56.6 Å². The van der Waals surface area contributed by atoms with Crippen molar-refractivity contribution in [2.45, 2.75) is 38.0 Å². The molecule has 0 unspecified atom stereocenters. The van der Waals surface area contributed by atoms with Crippen molar-refractivity contribution in [1.82, 2.24) is 14.1 Å². The molecule has 34 heavy (non-hydrogen) atoms. The molecule has 0 aliphatic heterocycles. The number of halogens is 3. The van der Waals surface area contributed by atoms with Crippen molar-refractivity contribution < 1.29 is 13.2 Å². The lowest BCUT2D eigenvalue weighted by atomic mass is 9.92. The standard InChI is InChI=1S/C23H25Cl3N4O3S/c1-5-29(34(32,33)19-12-16(25)8-11-18(19)26)14-22(31)27-21-13-20(23(2,3)4)28-30(21)17-9-6-15(24)7-10-17/h6-13H,5,14H2,1-4H3,(H,27,31). The average Bonchev–Trinajstić information content (AvgIpc) is 3.18. The van der Waals surface area contributed by atoms with E-state index < -0.39 is 22.5 Å². The van der Waals surface area contributed by atoms with Crippen LogP contribution < -0.4 is 5.32 Å². The number of sulfonamides is 1. The van der Waals surface area contributed by atoms with Gasteiger partial charge in [0.05, 0.1) is 22.9 Å². The summed E-state index contributed by atoms with van der Waals surface area (Å²) in [6.07, 6.45) is 0. The van der Waals surface area contributed by atoms with Crippen LogP contribution in [0.4, 0.5) is 5.82 Å². The van der Waals surface area contributed by atoms with Crippen molar-refractivity contribution in [1.29, 1.82) is 0 Å². The number of rotatable bonds is 7. The molecule has 11 heteroatoms.